The van der Waals surface area contributed by atoms with Gasteiger partial charge in [0.15, 0.2) is 0 Å². The molecule has 0 fully saturated rings. The summed E-state index contributed by atoms with van der Waals surface area (Å²) in [7, 11) is 0. The van der Waals surface area contributed by atoms with Crippen molar-refractivity contribution in [1.29, 1.82) is 0 Å². The predicted octanol–water partition coefficient (Wildman–Crippen LogP) is 6.92. The summed E-state index contributed by atoms with van der Waals surface area (Å²) in [4.78, 5) is 0. The van der Waals surface area contributed by atoms with E-state index in [-0.39, 0.29) is 0 Å². The minimum atomic E-state index is 0.481. The van der Waals surface area contributed by atoms with Gasteiger partial charge in [-0.3, -0.25) is 0 Å². The van der Waals surface area contributed by atoms with Crippen LogP contribution < -0.4 is 0 Å². The first-order chi connectivity index (χ1) is 8.53. The van der Waals surface area contributed by atoms with Crippen LogP contribution in [0.2, 0.25) is 0 Å². The van der Waals surface area contributed by atoms with Crippen LogP contribution in [0.4, 0.5) is 0 Å². The van der Waals surface area contributed by atoms with E-state index in [0.29, 0.717) is 10.8 Å². The first-order valence-corrected chi connectivity index (χ1v) is 7.87. The van der Waals surface area contributed by atoms with Crippen molar-refractivity contribution >= 4 is 0 Å². The molecule has 0 saturated heterocycles. The predicted molar refractivity (Wildman–Crippen MR) is 89.5 cm³/mol. The molecule has 0 rings (SSSR count). The van der Waals surface area contributed by atoms with E-state index >= 15 is 0 Å². The van der Waals surface area contributed by atoms with Gasteiger partial charge in [0.25, 0.3) is 0 Å². The number of hydrogen-bond donors (Lipinski definition) is 0. The second-order valence-electron chi connectivity index (χ2n) is 8.17. The molecule has 0 heteroatoms. The van der Waals surface area contributed by atoms with Crippen molar-refractivity contribution < 1.29 is 0 Å². The number of unbranched alkanes of at least 4 members (excludes halogenated alkanes) is 1. The third kappa shape index (κ3) is 11.0. The molecular weight excluding hydrogens is 228 g/mol. The molecule has 0 spiro atoms. The fourth-order valence-corrected chi connectivity index (χ4v) is 2.38. The quantitative estimate of drug-likeness (QED) is 0.313. The lowest BCUT2D eigenvalue weighted by atomic mass is 9.79. The van der Waals surface area contributed by atoms with Gasteiger partial charge in [-0.2, -0.15) is 0 Å². The van der Waals surface area contributed by atoms with Crippen molar-refractivity contribution in [2.24, 2.45) is 10.8 Å². The van der Waals surface area contributed by atoms with Crippen LogP contribution in [0.15, 0.2) is 24.3 Å². The van der Waals surface area contributed by atoms with E-state index in [9.17, 15) is 0 Å². The lowest BCUT2D eigenvalue weighted by Crippen LogP contribution is -2.13. The minimum absolute atomic E-state index is 0.481. The SMILES string of the molecule is C=C(C)C(=C)CCCCC(C)(C)CCCC(C)(C)C. The molecule has 0 aliphatic carbocycles. The zero-order chi connectivity index (χ0) is 15.1. The number of allylic oxidation sites excluding steroid dienone is 2. The molecule has 0 aromatic rings. The summed E-state index contributed by atoms with van der Waals surface area (Å²) >= 11 is 0. The summed E-state index contributed by atoms with van der Waals surface area (Å²) in [6.07, 6.45) is 9.07. The molecule has 0 aliphatic rings. The van der Waals surface area contributed by atoms with E-state index in [1.54, 1.807) is 0 Å². The third-order valence-corrected chi connectivity index (χ3v) is 3.97. The molecule has 0 aromatic carbocycles. The second-order valence-corrected chi connectivity index (χ2v) is 8.17. The Hall–Kier alpha value is -0.520. The highest BCUT2D eigenvalue weighted by Gasteiger charge is 2.19. The Labute approximate surface area is 122 Å². The van der Waals surface area contributed by atoms with Gasteiger partial charge in [-0.05, 0) is 49.9 Å². The molecule has 0 amide bonds. The van der Waals surface area contributed by atoms with Gasteiger partial charge in [0, 0.05) is 0 Å². The second kappa shape index (κ2) is 7.92. The number of rotatable bonds is 9. The Morgan fingerprint density at radius 3 is 1.79 bits per heavy atom. The Kier molecular flexibility index (Phi) is 7.71. The molecule has 0 radical (unpaired) electrons. The van der Waals surface area contributed by atoms with E-state index in [4.69, 9.17) is 0 Å². The molecular formula is C19H36. The summed E-state index contributed by atoms with van der Waals surface area (Å²) < 4.78 is 0. The summed E-state index contributed by atoms with van der Waals surface area (Å²) in [5.74, 6) is 0. The monoisotopic (exact) mass is 264 g/mol. The molecule has 112 valence electrons. The van der Waals surface area contributed by atoms with Gasteiger partial charge in [-0.15, -0.1) is 0 Å². The van der Waals surface area contributed by atoms with Gasteiger partial charge in [0.2, 0.25) is 0 Å². The van der Waals surface area contributed by atoms with Crippen molar-refractivity contribution in [3.63, 3.8) is 0 Å². The maximum Gasteiger partial charge on any atom is -0.0282 e. The summed E-state index contributed by atoms with van der Waals surface area (Å²) in [6, 6.07) is 0. The molecule has 0 heterocycles. The summed E-state index contributed by atoms with van der Waals surface area (Å²) in [5, 5.41) is 0. The standard InChI is InChI=1S/C19H36/c1-16(2)17(3)12-9-10-14-19(7,8)15-11-13-18(4,5)6/h1,3,9-15H2,2,4-8H3. The van der Waals surface area contributed by atoms with Crippen LogP contribution in [-0.4, -0.2) is 0 Å². The maximum absolute atomic E-state index is 4.07. The zero-order valence-corrected chi connectivity index (χ0v) is 14.4. The van der Waals surface area contributed by atoms with Crippen LogP contribution in [0.3, 0.4) is 0 Å². The minimum Gasteiger partial charge on any atom is -0.0959 e. The van der Waals surface area contributed by atoms with Crippen LogP contribution in [0.25, 0.3) is 0 Å². The highest BCUT2D eigenvalue weighted by atomic mass is 14.2. The van der Waals surface area contributed by atoms with Gasteiger partial charge in [0.05, 0.1) is 0 Å². The van der Waals surface area contributed by atoms with Crippen molar-refractivity contribution in [2.75, 3.05) is 0 Å². The van der Waals surface area contributed by atoms with E-state index < -0.39 is 0 Å². The van der Waals surface area contributed by atoms with Gasteiger partial charge in [0.1, 0.15) is 0 Å². The Morgan fingerprint density at radius 1 is 0.789 bits per heavy atom. The molecule has 0 unspecified atom stereocenters. The topological polar surface area (TPSA) is 0 Å². The lowest BCUT2D eigenvalue weighted by Gasteiger charge is -2.27. The first kappa shape index (κ1) is 18.5. The molecule has 0 aliphatic heterocycles. The van der Waals surface area contributed by atoms with Gasteiger partial charge in [-0.1, -0.05) is 71.8 Å². The van der Waals surface area contributed by atoms with E-state index in [1.165, 1.54) is 44.1 Å². The van der Waals surface area contributed by atoms with E-state index in [1.807, 2.05) is 0 Å². The Morgan fingerprint density at radius 2 is 1.32 bits per heavy atom. The van der Waals surface area contributed by atoms with Crippen LogP contribution >= 0.6 is 0 Å². The molecule has 0 atom stereocenters. The van der Waals surface area contributed by atoms with E-state index in [0.717, 1.165) is 12.0 Å². The average molecular weight is 264 g/mol. The molecule has 0 aromatic heterocycles. The van der Waals surface area contributed by atoms with Crippen LogP contribution in [0.1, 0.15) is 86.5 Å². The zero-order valence-electron chi connectivity index (χ0n) is 14.4. The fraction of sp³-hybridized carbons (Fsp3) is 0.789. The van der Waals surface area contributed by atoms with Gasteiger partial charge >= 0.3 is 0 Å². The van der Waals surface area contributed by atoms with Gasteiger partial charge in [-0.25, -0.2) is 0 Å². The van der Waals surface area contributed by atoms with Gasteiger partial charge < -0.3 is 0 Å². The highest BCUT2D eigenvalue weighted by Crippen LogP contribution is 2.33. The van der Waals surface area contributed by atoms with Crippen LogP contribution in [-0.2, 0) is 0 Å². The fourth-order valence-electron chi connectivity index (χ4n) is 2.38. The normalized spacial score (nSPS) is 12.5. The summed E-state index contributed by atoms with van der Waals surface area (Å²) in [6.45, 7) is 21.9. The third-order valence-electron chi connectivity index (χ3n) is 3.97. The van der Waals surface area contributed by atoms with Crippen molar-refractivity contribution in [3.05, 3.63) is 24.3 Å². The van der Waals surface area contributed by atoms with Crippen LogP contribution in [0, 0.1) is 10.8 Å². The lowest BCUT2D eigenvalue weighted by molar-refractivity contribution is 0.259. The molecule has 19 heavy (non-hydrogen) atoms. The number of hydrogen-bond acceptors (Lipinski definition) is 0. The molecule has 0 saturated carbocycles. The van der Waals surface area contributed by atoms with Crippen LogP contribution in [0.5, 0.6) is 0 Å². The van der Waals surface area contributed by atoms with Crippen molar-refractivity contribution in [3.8, 4) is 0 Å². The highest BCUT2D eigenvalue weighted by molar-refractivity contribution is 5.22. The average Bonchev–Trinajstić information content (AvgIpc) is 2.21. The first-order valence-electron chi connectivity index (χ1n) is 7.87. The largest absolute Gasteiger partial charge is 0.0959 e. The Bertz CT molecular complexity index is 286. The van der Waals surface area contributed by atoms with Crippen molar-refractivity contribution in [2.45, 2.75) is 86.5 Å². The molecule has 0 N–H and O–H groups in total. The summed E-state index contributed by atoms with van der Waals surface area (Å²) in [5.41, 5.74) is 3.35. The smallest absolute Gasteiger partial charge is 0.0282 e. The van der Waals surface area contributed by atoms with Crippen molar-refractivity contribution in [1.82, 2.24) is 0 Å². The van der Waals surface area contributed by atoms with E-state index in [2.05, 4.69) is 54.7 Å². The Balaban J connectivity index is 3.79. The maximum atomic E-state index is 4.07. The molecule has 0 nitrogen and oxygen atoms in total. The molecule has 0 bridgehead atoms.